The third-order valence-electron chi connectivity index (χ3n) is 1.67. The summed E-state index contributed by atoms with van der Waals surface area (Å²) >= 11 is 0. The Balaban J connectivity index is 2.16. The molecule has 1 aliphatic heterocycles. The van der Waals surface area contributed by atoms with Gasteiger partial charge in [0.1, 0.15) is 6.67 Å². The standard InChI is InChI=1S/C8H15N3O/c1-2-9-7-10-8-11-3-5-12-6-4-11/h2-6,8H2,1H3. The van der Waals surface area contributed by atoms with Crippen LogP contribution in [0.25, 0.3) is 0 Å². The van der Waals surface area contributed by atoms with Crippen molar-refractivity contribution in [1.82, 2.24) is 4.90 Å². The van der Waals surface area contributed by atoms with E-state index in [1.807, 2.05) is 6.92 Å². The van der Waals surface area contributed by atoms with Gasteiger partial charge >= 0.3 is 0 Å². The van der Waals surface area contributed by atoms with Gasteiger partial charge in [-0.3, -0.25) is 4.90 Å². The largest absolute Gasteiger partial charge is 0.379 e. The molecule has 1 aliphatic rings. The zero-order chi connectivity index (χ0) is 8.65. The van der Waals surface area contributed by atoms with Crippen LogP contribution in [0.2, 0.25) is 0 Å². The van der Waals surface area contributed by atoms with E-state index in [1.165, 1.54) is 0 Å². The van der Waals surface area contributed by atoms with Crippen molar-refractivity contribution < 1.29 is 4.74 Å². The van der Waals surface area contributed by atoms with Crippen LogP contribution in [0.4, 0.5) is 0 Å². The molecule has 0 saturated carbocycles. The van der Waals surface area contributed by atoms with Crippen LogP contribution in [0, 0.1) is 0 Å². The van der Waals surface area contributed by atoms with E-state index >= 15 is 0 Å². The summed E-state index contributed by atoms with van der Waals surface area (Å²) in [6.45, 7) is 7.01. The topological polar surface area (TPSA) is 37.2 Å². The molecule has 4 nitrogen and oxygen atoms in total. The monoisotopic (exact) mass is 169 g/mol. The van der Waals surface area contributed by atoms with E-state index in [2.05, 4.69) is 20.9 Å². The van der Waals surface area contributed by atoms with Crippen molar-refractivity contribution in [2.75, 3.05) is 39.5 Å². The number of morpholine rings is 1. The maximum Gasteiger partial charge on any atom is 0.102 e. The molecule has 1 saturated heterocycles. The van der Waals surface area contributed by atoms with Gasteiger partial charge in [0.25, 0.3) is 0 Å². The smallest absolute Gasteiger partial charge is 0.102 e. The Morgan fingerprint density at radius 2 is 2.08 bits per heavy atom. The quantitative estimate of drug-likeness (QED) is 0.576. The van der Waals surface area contributed by atoms with Crippen LogP contribution < -0.4 is 0 Å². The maximum absolute atomic E-state index is 5.20. The van der Waals surface area contributed by atoms with Gasteiger partial charge in [-0.15, -0.1) is 0 Å². The number of rotatable bonds is 3. The molecule has 0 bridgehead atoms. The van der Waals surface area contributed by atoms with Crippen molar-refractivity contribution in [2.45, 2.75) is 6.92 Å². The maximum atomic E-state index is 5.20. The average Bonchev–Trinajstić information content (AvgIpc) is 2.14. The molecular formula is C8H15N3O. The fourth-order valence-electron chi connectivity index (χ4n) is 0.995. The second-order valence-electron chi connectivity index (χ2n) is 2.60. The van der Waals surface area contributed by atoms with Crippen LogP contribution in [0.5, 0.6) is 0 Å². The van der Waals surface area contributed by atoms with Gasteiger partial charge in [0.15, 0.2) is 0 Å². The van der Waals surface area contributed by atoms with Gasteiger partial charge in [-0.05, 0) is 6.92 Å². The van der Waals surface area contributed by atoms with Gasteiger partial charge < -0.3 is 4.74 Å². The fraction of sp³-hybridized carbons (Fsp3) is 0.875. The Bertz CT molecular complexity index is 169. The van der Waals surface area contributed by atoms with Crippen LogP contribution in [0.1, 0.15) is 6.92 Å². The molecule has 0 aromatic heterocycles. The first-order chi connectivity index (χ1) is 5.93. The molecule has 68 valence electrons. The number of ether oxygens (including phenoxy) is 1. The summed E-state index contributed by atoms with van der Waals surface area (Å²) in [4.78, 5) is 10.1. The second-order valence-corrected chi connectivity index (χ2v) is 2.60. The van der Waals surface area contributed by atoms with Gasteiger partial charge in [0.05, 0.1) is 19.2 Å². The van der Waals surface area contributed by atoms with E-state index in [0.29, 0.717) is 6.67 Å². The predicted octanol–water partition coefficient (Wildman–Crippen LogP) is 0.470. The summed E-state index contributed by atoms with van der Waals surface area (Å²) in [7, 11) is 0. The Kier molecular flexibility index (Phi) is 4.61. The minimum Gasteiger partial charge on any atom is -0.379 e. The number of aliphatic imine (C=N–C) groups is 2. The molecule has 0 N–H and O–H groups in total. The Labute approximate surface area is 73.0 Å². The molecule has 0 aromatic rings. The third kappa shape index (κ3) is 3.62. The predicted molar refractivity (Wildman–Crippen MR) is 47.7 cm³/mol. The lowest BCUT2D eigenvalue weighted by molar-refractivity contribution is 0.0395. The summed E-state index contributed by atoms with van der Waals surface area (Å²) in [5.74, 6) is 0. The molecule has 12 heavy (non-hydrogen) atoms. The van der Waals surface area contributed by atoms with Crippen molar-refractivity contribution in [2.24, 2.45) is 9.98 Å². The summed E-state index contributed by atoms with van der Waals surface area (Å²) in [5, 5.41) is 0. The normalized spacial score (nSPS) is 18.4. The first kappa shape index (κ1) is 9.39. The lowest BCUT2D eigenvalue weighted by atomic mass is 10.5. The molecule has 0 aliphatic carbocycles. The van der Waals surface area contributed by atoms with Gasteiger partial charge in [-0.25, -0.2) is 9.98 Å². The highest BCUT2D eigenvalue weighted by molar-refractivity contribution is 5.40. The van der Waals surface area contributed by atoms with E-state index in [9.17, 15) is 0 Å². The molecule has 0 unspecified atom stereocenters. The first-order valence-corrected chi connectivity index (χ1v) is 4.31. The van der Waals surface area contributed by atoms with Crippen LogP contribution in [-0.4, -0.2) is 50.4 Å². The Morgan fingerprint density at radius 1 is 1.33 bits per heavy atom. The molecule has 0 spiro atoms. The highest BCUT2D eigenvalue weighted by atomic mass is 16.5. The lowest BCUT2D eigenvalue weighted by Gasteiger charge is -2.23. The molecule has 0 atom stereocenters. The van der Waals surface area contributed by atoms with Crippen molar-refractivity contribution in [3.8, 4) is 0 Å². The lowest BCUT2D eigenvalue weighted by Crippen LogP contribution is -2.36. The van der Waals surface area contributed by atoms with Gasteiger partial charge in [0.2, 0.25) is 0 Å². The van der Waals surface area contributed by atoms with Crippen LogP contribution in [0.3, 0.4) is 0 Å². The molecule has 4 heteroatoms. The molecule has 1 rings (SSSR count). The number of nitrogens with zero attached hydrogens (tertiary/aromatic N) is 3. The highest BCUT2D eigenvalue weighted by Crippen LogP contribution is 1.94. The van der Waals surface area contributed by atoms with Crippen molar-refractivity contribution in [3.05, 3.63) is 0 Å². The average molecular weight is 169 g/mol. The minimum absolute atomic E-state index is 0.701. The van der Waals surface area contributed by atoms with Crippen LogP contribution >= 0.6 is 0 Å². The Hall–Kier alpha value is -0.700. The van der Waals surface area contributed by atoms with Crippen molar-refractivity contribution in [3.63, 3.8) is 0 Å². The second kappa shape index (κ2) is 5.89. The molecule has 1 heterocycles. The zero-order valence-corrected chi connectivity index (χ0v) is 7.49. The zero-order valence-electron chi connectivity index (χ0n) is 7.49. The van der Waals surface area contributed by atoms with Crippen LogP contribution in [-0.2, 0) is 4.74 Å². The fourth-order valence-corrected chi connectivity index (χ4v) is 0.995. The molecule has 0 radical (unpaired) electrons. The molecule has 0 aromatic carbocycles. The summed E-state index contributed by atoms with van der Waals surface area (Å²) in [5.41, 5.74) is 0. The van der Waals surface area contributed by atoms with Gasteiger partial charge in [-0.1, -0.05) is 0 Å². The van der Waals surface area contributed by atoms with E-state index < -0.39 is 0 Å². The number of hydrogen-bond donors (Lipinski definition) is 0. The van der Waals surface area contributed by atoms with E-state index in [4.69, 9.17) is 4.74 Å². The summed E-state index contributed by atoms with van der Waals surface area (Å²) in [6, 6.07) is 2.65. The van der Waals surface area contributed by atoms with Gasteiger partial charge in [-0.2, -0.15) is 0 Å². The summed E-state index contributed by atoms with van der Waals surface area (Å²) in [6.07, 6.45) is 0. The molecule has 0 amide bonds. The van der Waals surface area contributed by atoms with E-state index in [0.717, 1.165) is 32.8 Å². The van der Waals surface area contributed by atoms with Crippen molar-refractivity contribution in [1.29, 1.82) is 0 Å². The summed E-state index contributed by atoms with van der Waals surface area (Å²) < 4.78 is 5.20. The van der Waals surface area contributed by atoms with E-state index in [1.54, 1.807) is 0 Å². The molecule has 1 fully saturated rings. The van der Waals surface area contributed by atoms with Crippen LogP contribution in [0.15, 0.2) is 9.98 Å². The molecular weight excluding hydrogens is 154 g/mol. The van der Waals surface area contributed by atoms with Crippen molar-refractivity contribution >= 4 is 6.01 Å². The minimum atomic E-state index is 0.701. The number of hydrogen-bond acceptors (Lipinski definition) is 4. The van der Waals surface area contributed by atoms with Gasteiger partial charge in [0, 0.05) is 19.6 Å². The third-order valence-corrected chi connectivity index (χ3v) is 1.67. The van der Waals surface area contributed by atoms with E-state index in [-0.39, 0.29) is 0 Å². The first-order valence-electron chi connectivity index (χ1n) is 4.31. The SMILES string of the molecule is CCN=C=NCN1CCOCC1. The Morgan fingerprint density at radius 3 is 2.75 bits per heavy atom. The highest BCUT2D eigenvalue weighted by Gasteiger charge is 2.07.